The van der Waals surface area contributed by atoms with Crippen LogP contribution in [0, 0.1) is 0 Å². The molecule has 2 heterocycles. The van der Waals surface area contributed by atoms with Gasteiger partial charge in [0.05, 0.1) is 19.3 Å². The molecule has 0 saturated carbocycles. The third-order valence-electron chi connectivity index (χ3n) is 2.81. The smallest absolute Gasteiger partial charge is 0.253 e. The lowest BCUT2D eigenvalue weighted by atomic mass is 10.2. The minimum absolute atomic E-state index is 0.164. The summed E-state index contributed by atoms with van der Waals surface area (Å²) in [7, 11) is -3.55. The predicted octanol–water partition coefficient (Wildman–Crippen LogP) is 0.101. The molecule has 0 aromatic carbocycles. The van der Waals surface area contributed by atoms with Crippen LogP contribution in [-0.2, 0) is 14.8 Å². The van der Waals surface area contributed by atoms with Crippen LogP contribution in [0.25, 0.3) is 0 Å². The van der Waals surface area contributed by atoms with E-state index in [1.807, 2.05) is 0 Å². The lowest BCUT2D eigenvalue weighted by molar-refractivity contribution is -0.0515. The molecule has 1 aliphatic rings. The summed E-state index contributed by atoms with van der Waals surface area (Å²) in [4.78, 5) is 0. The van der Waals surface area contributed by atoms with E-state index in [0.29, 0.717) is 5.69 Å². The maximum atomic E-state index is 12.4. The van der Waals surface area contributed by atoms with Gasteiger partial charge in [0.15, 0.2) is 0 Å². The highest BCUT2D eigenvalue weighted by Gasteiger charge is 2.36. The molecule has 0 aliphatic carbocycles. The molecule has 102 valence electrons. The van der Waals surface area contributed by atoms with Gasteiger partial charge in [-0.15, -0.1) is 11.3 Å². The topological polar surface area (TPSA) is 92.9 Å². The van der Waals surface area contributed by atoms with E-state index in [2.05, 4.69) is 0 Å². The fraction of sp³-hybridized carbons (Fsp3) is 0.600. The molecule has 2 unspecified atom stereocenters. The number of sulfonamides is 1. The van der Waals surface area contributed by atoms with Crippen molar-refractivity contribution in [2.45, 2.75) is 23.3 Å². The van der Waals surface area contributed by atoms with Crippen molar-refractivity contribution < 1.29 is 18.3 Å². The zero-order valence-corrected chi connectivity index (χ0v) is 11.6. The number of rotatable bonds is 3. The van der Waals surface area contributed by atoms with E-state index in [9.17, 15) is 8.42 Å². The van der Waals surface area contributed by atoms with Gasteiger partial charge in [-0.2, -0.15) is 4.31 Å². The van der Waals surface area contributed by atoms with Gasteiger partial charge in [-0.1, -0.05) is 0 Å². The van der Waals surface area contributed by atoms with Gasteiger partial charge in [0.2, 0.25) is 0 Å². The van der Waals surface area contributed by atoms with E-state index in [0.717, 1.165) is 11.3 Å². The van der Waals surface area contributed by atoms with Gasteiger partial charge < -0.3 is 15.6 Å². The van der Waals surface area contributed by atoms with Crippen LogP contribution >= 0.6 is 11.3 Å². The average molecular weight is 292 g/mol. The van der Waals surface area contributed by atoms with Crippen molar-refractivity contribution in [3.8, 4) is 0 Å². The van der Waals surface area contributed by atoms with Crippen molar-refractivity contribution in [1.82, 2.24) is 4.31 Å². The molecule has 1 saturated heterocycles. The number of nitrogens with zero attached hydrogens (tertiary/aromatic N) is 1. The molecule has 2 atom stereocenters. The number of hydrogen-bond donors (Lipinski definition) is 2. The van der Waals surface area contributed by atoms with Crippen LogP contribution in [0.1, 0.15) is 6.92 Å². The molecule has 0 amide bonds. The normalized spacial score (nSPS) is 26.3. The highest BCUT2D eigenvalue weighted by molar-refractivity contribution is 7.91. The molecule has 1 aliphatic heterocycles. The molecule has 0 bridgehead atoms. The van der Waals surface area contributed by atoms with Crippen molar-refractivity contribution in [2.75, 3.05) is 25.5 Å². The van der Waals surface area contributed by atoms with Gasteiger partial charge in [-0.05, 0) is 13.0 Å². The SMILES string of the molecule is CC1COC(CO)CN1S(=O)(=O)c1cc(N)cs1. The summed E-state index contributed by atoms with van der Waals surface area (Å²) in [6, 6.07) is 1.21. The van der Waals surface area contributed by atoms with Gasteiger partial charge in [0, 0.05) is 23.7 Å². The number of aliphatic hydroxyl groups excluding tert-OH is 1. The zero-order valence-electron chi connectivity index (χ0n) is 9.94. The number of hydrogen-bond acceptors (Lipinski definition) is 6. The minimum Gasteiger partial charge on any atom is -0.398 e. The first-order valence-corrected chi connectivity index (χ1v) is 7.85. The molecular weight excluding hydrogens is 276 g/mol. The van der Waals surface area contributed by atoms with Crippen molar-refractivity contribution in [1.29, 1.82) is 0 Å². The third-order valence-corrected chi connectivity index (χ3v) is 6.22. The van der Waals surface area contributed by atoms with Crippen molar-refractivity contribution in [3.63, 3.8) is 0 Å². The van der Waals surface area contributed by atoms with Gasteiger partial charge in [-0.3, -0.25) is 0 Å². The number of morpholine rings is 1. The van der Waals surface area contributed by atoms with Crippen molar-refractivity contribution in [2.24, 2.45) is 0 Å². The molecule has 6 nitrogen and oxygen atoms in total. The van der Waals surface area contributed by atoms with Crippen molar-refractivity contribution >= 4 is 27.0 Å². The number of aliphatic hydroxyl groups is 1. The average Bonchev–Trinajstić information content (AvgIpc) is 2.77. The summed E-state index contributed by atoms with van der Waals surface area (Å²) in [5.74, 6) is 0. The Bertz CT molecular complexity index is 514. The number of nitrogen functional groups attached to an aromatic ring is 1. The van der Waals surface area contributed by atoms with Gasteiger partial charge in [0.25, 0.3) is 10.0 Å². The third kappa shape index (κ3) is 2.52. The molecule has 1 aromatic rings. The zero-order chi connectivity index (χ0) is 13.3. The first-order chi connectivity index (χ1) is 8.45. The van der Waals surface area contributed by atoms with E-state index in [-0.39, 0.29) is 30.0 Å². The van der Waals surface area contributed by atoms with E-state index in [1.165, 1.54) is 10.4 Å². The Morgan fingerprint density at radius 1 is 1.67 bits per heavy atom. The van der Waals surface area contributed by atoms with Crippen LogP contribution in [0.15, 0.2) is 15.7 Å². The molecule has 0 spiro atoms. The summed E-state index contributed by atoms with van der Waals surface area (Å²) in [5.41, 5.74) is 6.00. The standard InChI is InChI=1S/C10H16N2O4S2/c1-7-5-16-9(4-13)3-12(7)18(14,15)10-2-8(11)6-17-10/h2,6-7,9,13H,3-5,11H2,1H3. The molecule has 1 fully saturated rings. The molecule has 18 heavy (non-hydrogen) atoms. The van der Waals surface area contributed by atoms with Crippen LogP contribution in [0.4, 0.5) is 5.69 Å². The minimum atomic E-state index is -3.55. The molecular formula is C10H16N2O4S2. The summed E-state index contributed by atoms with van der Waals surface area (Å²) in [6.07, 6.45) is -0.465. The summed E-state index contributed by atoms with van der Waals surface area (Å²) in [5, 5.41) is 10.7. The molecule has 3 N–H and O–H groups in total. The van der Waals surface area contributed by atoms with Crippen LogP contribution in [0.5, 0.6) is 0 Å². The van der Waals surface area contributed by atoms with Crippen LogP contribution in [0.3, 0.4) is 0 Å². The molecule has 0 radical (unpaired) electrons. The highest BCUT2D eigenvalue weighted by Crippen LogP contribution is 2.28. The predicted molar refractivity (Wildman–Crippen MR) is 68.9 cm³/mol. The number of thiophene rings is 1. The second-order valence-electron chi connectivity index (χ2n) is 4.26. The fourth-order valence-corrected chi connectivity index (χ4v) is 4.67. The Labute approximate surface area is 110 Å². The lowest BCUT2D eigenvalue weighted by Gasteiger charge is -2.35. The van der Waals surface area contributed by atoms with Gasteiger partial charge in [-0.25, -0.2) is 8.42 Å². The summed E-state index contributed by atoms with van der Waals surface area (Å²) >= 11 is 1.10. The van der Waals surface area contributed by atoms with Crippen LogP contribution < -0.4 is 5.73 Å². The number of ether oxygens (including phenoxy) is 1. The first-order valence-electron chi connectivity index (χ1n) is 5.53. The second kappa shape index (κ2) is 5.14. The largest absolute Gasteiger partial charge is 0.398 e. The van der Waals surface area contributed by atoms with E-state index >= 15 is 0 Å². The Balaban J connectivity index is 2.28. The Kier molecular flexibility index (Phi) is 3.93. The maximum Gasteiger partial charge on any atom is 0.253 e. The van der Waals surface area contributed by atoms with E-state index in [1.54, 1.807) is 12.3 Å². The van der Waals surface area contributed by atoms with E-state index < -0.39 is 16.1 Å². The van der Waals surface area contributed by atoms with Gasteiger partial charge >= 0.3 is 0 Å². The Hall–Kier alpha value is -0.670. The monoisotopic (exact) mass is 292 g/mol. The molecule has 1 aromatic heterocycles. The lowest BCUT2D eigenvalue weighted by Crippen LogP contribution is -2.51. The van der Waals surface area contributed by atoms with Crippen LogP contribution in [0.2, 0.25) is 0 Å². The number of anilines is 1. The van der Waals surface area contributed by atoms with Crippen LogP contribution in [-0.4, -0.2) is 49.7 Å². The summed E-state index contributed by atoms with van der Waals surface area (Å²) in [6.45, 7) is 2.04. The molecule has 2 rings (SSSR count). The maximum absolute atomic E-state index is 12.4. The number of nitrogens with two attached hydrogens (primary N) is 1. The Morgan fingerprint density at radius 2 is 2.39 bits per heavy atom. The van der Waals surface area contributed by atoms with Crippen molar-refractivity contribution in [3.05, 3.63) is 11.4 Å². The molecule has 8 heteroatoms. The van der Waals surface area contributed by atoms with Gasteiger partial charge in [0.1, 0.15) is 4.21 Å². The highest BCUT2D eigenvalue weighted by atomic mass is 32.2. The summed E-state index contributed by atoms with van der Waals surface area (Å²) < 4.78 is 31.8. The first kappa shape index (κ1) is 13.8. The Morgan fingerprint density at radius 3 is 2.94 bits per heavy atom. The fourth-order valence-electron chi connectivity index (χ4n) is 1.82. The quantitative estimate of drug-likeness (QED) is 0.824. The second-order valence-corrected chi connectivity index (χ2v) is 7.29. The van der Waals surface area contributed by atoms with E-state index in [4.69, 9.17) is 15.6 Å².